The minimum atomic E-state index is -1.39. The Morgan fingerprint density at radius 2 is 1.41 bits per heavy atom. The summed E-state index contributed by atoms with van der Waals surface area (Å²) in [6.07, 6.45) is -0.255. The molecule has 0 aliphatic carbocycles. The zero-order valence-corrected chi connectivity index (χ0v) is 19.4. The fraction of sp³-hybridized carbons (Fsp3) is 0.500. The van der Waals surface area contributed by atoms with Gasteiger partial charge in [0.05, 0.1) is 12.5 Å². The van der Waals surface area contributed by atoms with Crippen molar-refractivity contribution >= 4 is 29.6 Å². The third-order valence-corrected chi connectivity index (χ3v) is 4.84. The smallest absolute Gasteiger partial charge is 0.325 e. The highest BCUT2D eigenvalue weighted by atomic mass is 16.4. The van der Waals surface area contributed by atoms with Gasteiger partial charge in [0, 0.05) is 0 Å². The molecule has 0 aliphatic rings. The summed E-state index contributed by atoms with van der Waals surface area (Å²) in [5, 5.41) is 25.5. The maximum atomic E-state index is 12.9. The number of carboxylic acids is 1. The van der Waals surface area contributed by atoms with Gasteiger partial charge >= 0.3 is 5.97 Å². The fourth-order valence-corrected chi connectivity index (χ4v) is 3.02. The van der Waals surface area contributed by atoms with Gasteiger partial charge in [0.1, 0.15) is 23.9 Å². The van der Waals surface area contributed by atoms with Crippen LogP contribution in [0.15, 0.2) is 24.3 Å². The lowest BCUT2D eigenvalue weighted by atomic mass is 10.0. The number of aromatic hydroxyl groups is 1. The molecule has 9 N–H and O–H groups in total. The molecule has 4 atom stereocenters. The van der Waals surface area contributed by atoms with Crippen molar-refractivity contribution < 1.29 is 34.2 Å². The van der Waals surface area contributed by atoms with Crippen LogP contribution in [0.1, 0.15) is 39.2 Å². The van der Waals surface area contributed by atoms with Gasteiger partial charge in [-0.1, -0.05) is 26.0 Å². The average Bonchev–Trinajstić information content (AvgIpc) is 2.73. The van der Waals surface area contributed by atoms with Crippen molar-refractivity contribution in [1.82, 2.24) is 16.0 Å². The molecule has 188 valence electrons. The monoisotopic (exact) mass is 479 g/mol. The van der Waals surface area contributed by atoms with Crippen LogP contribution in [0.25, 0.3) is 0 Å². The average molecular weight is 480 g/mol. The molecule has 1 rings (SSSR count). The number of phenols is 1. The second-order valence-corrected chi connectivity index (χ2v) is 8.47. The number of benzene rings is 1. The molecular weight excluding hydrogens is 446 g/mol. The first-order valence-corrected chi connectivity index (χ1v) is 10.8. The molecule has 0 saturated heterocycles. The van der Waals surface area contributed by atoms with E-state index in [1.807, 2.05) is 0 Å². The van der Waals surface area contributed by atoms with Gasteiger partial charge in [-0.15, -0.1) is 0 Å². The van der Waals surface area contributed by atoms with E-state index in [-0.39, 0.29) is 24.5 Å². The Hall–Kier alpha value is -3.67. The Labute approximate surface area is 197 Å². The van der Waals surface area contributed by atoms with Crippen molar-refractivity contribution in [2.75, 3.05) is 0 Å². The molecule has 0 spiro atoms. The van der Waals surface area contributed by atoms with E-state index < -0.39 is 60.2 Å². The number of hydrogen-bond acceptors (Lipinski definition) is 7. The van der Waals surface area contributed by atoms with Crippen molar-refractivity contribution in [3.63, 3.8) is 0 Å². The Balaban J connectivity index is 2.92. The van der Waals surface area contributed by atoms with E-state index in [0.29, 0.717) is 5.56 Å². The van der Waals surface area contributed by atoms with Crippen LogP contribution in [0.5, 0.6) is 5.75 Å². The predicted octanol–water partition coefficient (Wildman–Crippen LogP) is -1.26. The number of hydrogen-bond donors (Lipinski definition) is 7. The number of rotatable bonds is 13. The number of phenolic OH excluding ortho intramolecular Hbond substituents is 1. The highest BCUT2D eigenvalue weighted by molar-refractivity contribution is 5.96. The standard InChI is InChI=1S/C22H33N5O7/c1-11(2)8-16(20(31)25-12(3)22(33)34)27-21(32)17(10-18(24)29)26-19(30)15(23)9-13-4-6-14(28)7-5-13/h4-7,11-12,15-17,28H,8-10,23H2,1-3H3,(H2,24,29)(H,25,31)(H,26,30)(H,27,32)(H,33,34). The summed E-state index contributed by atoms with van der Waals surface area (Å²) in [5.74, 6) is -4.38. The van der Waals surface area contributed by atoms with Crippen LogP contribution < -0.4 is 27.4 Å². The highest BCUT2D eigenvalue weighted by Crippen LogP contribution is 2.11. The lowest BCUT2D eigenvalue weighted by Gasteiger charge is -2.25. The summed E-state index contributed by atoms with van der Waals surface area (Å²) >= 11 is 0. The second-order valence-electron chi connectivity index (χ2n) is 8.47. The van der Waals surface area contributed by atoms with Crippen LogP contribution in [0.3, 0.4) is 0 Å². The minimum absolute atomic E-state index is 0.0425. The molecule has 1 aromatic rings. The maximum Gasteiger partial charge on any atom is 0.325 e. The molecule has 0 bridgehead atoms. The summed E-state index contributed by atoms with van der Waals surface area (Å²) in [5.41, 5.74) is 11.8. The topological polar surface area (TPSA) is 214 Å². The van der Waals surface area contributed by atoms with Crippen molar-refractivity contribution in [2.45, 2.75) is 64.2 Å². The molecule has 12 nitrogen and oxygen atoms in total. The molecule has 12 heteroatoms. The van der Waals surface area contributed by atoms with Gasteiger partial charge in [-0.05, 0) is 43.4 Å². The Bertz CT molecular complexity index is 888. The van der Waals surface area contributed by atoms with Crippen molar-refractivity contribution in [3.8, 4) is 5.75 Å². The summed E-state index contributed by atoms with van der Waals surface area (Å²) < 4.78 is 0. The quantitative estimate of drug-likeness (QED) is 0.181. The number of aliphatic carboxylic acids is 1. The number of nitrogens with two attached hydrogens (primary N) is 2. The molecule has 1 aromatic carbocycles. The third-order valence-electron chi connectivity index (χ3n) is 4.84. The maximum absolute atomic E-state index is 12.9. The summed E-state index contributed by atoms with van der Waals surface area (Å²) in [6.45, 7) is 4.89. The normalized spacial score (nSPS) is 14.4. The zero-order valence-electron chi connectivity index (χ0n) is 19.4. The first-order chi connectivity index (χ1) is 15.8. The third kappa shape index (κ3) is 9.86. The first-order valence-electron chi connectivity index (χ1n) is 10.8. The van der Waals surface area contributed by atoms with E-state index in [1.165, 1.54) is 19.1 Å². The number of carbonyl (C=O) groups is 5. The molecule has 34 heavy (non-hydrogen) atoms. The van der Waals surface area contributed by atoms with Crippen LogP contribution in [-0.4, -0.2) is 64.0 Å². The van der Waals surface area contributed by atoms with Crippen molar-refractivity contribution in [2.24, 2.45) is 17.4 Å². The first kappa shape index (κ1) is 28.4. The van der Waals surface area contributed by atoms with Crippen LogP contribution in [0.4, 0.5) is 0 Å². The molecule has 0 fully saturated rings. The number of amides is 4. The predicted molar refractivity (Wildman–Crippen MR) is 122 cm³/mol. The molecule has 0 aromatic heterocycles. The van der Waals surface area contributed by atoms with Gasteiger partial charge in [0.25, 0.3) is 0 Å². The van der Waals surface area contributed by atoms with Crippen molar-refractivity contribution in [3.05, 3.63) is 29.8 Å². The van der Waals surface area contributed by atoms with Gasteiger partial charge in [-0.3, -0.25) is 24.0 Å². The second kappa shape index (κ2) is 13.1. The van der Waals surface area contributed by atoms with Crippen LogP contribution in [0, 0.1) is 5.92 Å². The summed E-state index contributed by atoms with van der Waals surface area (Å²) in [6, 6.07) is 1.30. The van der Waals surface area contributed by atoms with E-state index >= 15 is 0 Å². The van der Waals surface area contributed by atoms with Crippen LogP contribution >= 0.6 is 0 Å². The van der Waals surface area contributed by atoms with E-state index in [9.17, 15) is 29.1 Å². The van der Waals surface area contributed by atoms with Gasteiger partial charge in [-0.25, -0.2) is 0 Å². The van der Waals surface area contributed by atoms with Gasteiger partial charge in [-0.2, -0.15) is 0 Å². The Morgan fingerprint density at radius 1 is 0.882 bits per heavy atom. The molecule has 0 heterocycles. The number of carbonyl (C=O) groups excluding carboxylic acids is 4. The van der Waals surface area contributed by atoms with E-state index in [0.717, 1.165) is 0 Å². The Kier molecular flexibility index (Phi) is 11.0. The van der Waals surface area contributed by atoms with E-state index in [4.69, 9.17) is 16.6 Å². The number of carboxylic acid groups (broad SMARTS) is 1. The van der Waals surface area contributed by atoms with E-state index in [1.54, 1.807) is 26.0 Å². The number of primary amides is 1. The molecular formula is C22H33N5O7. The van der Waals surface area contributed by atoms with Crippen LogP contribution in [-0.2, 0) is 30.4 Å². The van der Waals surface area contributed by atoms with Crippen LogP contribution in [0.2, 0.25) is 0 Å². The Morgan fingerprint density at radius 3 is 1.91 bits per heavy atom. The van der Waals surface area contributed by atoms with Crippen molar-refractivity contribution in [1.29, 1.82) is 0 Å². The summed E-state index contributed by atoms with van der Waals surface area (Å²) in [7, 11) is 0. The van der Waals surface area contributed by atoms with Gasteiger partial charge in [0.15, 0.2) is 0 Å². The highest BCUT2D eigenvalue weighted by Gasteiger charge is 2.30. The largest absolute Gasteiger partial charge is 0.508 e. The molecule has 0 saturated carbocycles. The minimum Gasteiger partial charge on any atom is -0.508 e. The van der Waals surface area contributed by atoms with Gasteiger partial charge < -0.3 is 37.6 Å². The molecule has 0 aliphatic heterocycles. The zero-order chi connectivity index (χ0) is 26.0. The SMILES string of the molecule is CC(C)CC(NC(=O)C(CC(N)=O)NC(=O)C(N)Cc1ccc(O)cc1)C(=O)NC(C)C(=O)O. The fourth-order valence-electron chi connectivity index (χ4n) is 3.02. The lowest BCUT2D eigenvalue weighted by molar-refractivity contribution is -0.142. The number of nitrogens with one attached hydrogen (secondary N) is 3. The summed E-state index contributed by atoms with van der Waals surface area (Å²) in [4.78, 5) is 60.5. The lowest BCUT2D eigenvalue weighted by Crippen LogP contribution is -2.57. The molecule has 0 radical (unpaired) electrons. The molecule has 4 amide bonds. The van der Waals surface area contributed by atoms with Gasteiger partial charge in [0.2, 0.25) is 23.6 Å². The van der Waals surface area contributed by atoms with E-state index in [2.05, 4.69) is 16.0 Å². The molecule has 4 unspecified atom stereocenters.